The van der Waals surface area contributed by atoms with E-state index in [1.54, 1.807) is 0 Å². The van der Waals surface area contributed by atoms with Gasteiger partial charge in [0.05, 0.1) is 16.9 Å². The van der Waals surface area contributed by atoms with Crippen LogP contribution in [-0.4, -0.2) is 12.4 Å². The molecule has 0 saturated heterocycles. The van der Waals surface area contributed by atoms with Crippen molar-refractivity contribution in [2.24, 2.45) is 4.99 Å². The van der Waals surface area contributed by atoms with Crippen molar-refractivity contribution >= 4 is 17.6 Å². The molecule has 25 heavy (non-hydrogen) atoms. The van der Waals surface area contributed by atoms with Crippen LogP contribution in [0.25, 0.3) is 0 Å². The van der Waals surface area contributed by atoms with Crippen LogP contribution >= 0.6 is 0 Å². The molecule has 2 heterocycles. The second-order valence-corrected chi connectivity index (χ2v) is 6.22. The molecule has 0 radical (unpaired) electrons. The van der Waals surface area contributed by atoms with Crippen molar-refractivity contribution in [3.63, 3.8) is 0 Å². The third-order valence-corrected chi connectivity index (χ3v) is 4.51. The topological polar surface area (TPSA) is 24.8 Å². The van der Waals surface area contributed by atoms with E-state index in [1.165, 1.54) is 6.07 Å². The van der Waals surface area contributed by atoms with E-state index >= 15 is 0 Å². The standard InChI is InChI=1S/C19H17F3N2O/c20-19(21,22)13-9-10-17-15(12-13)24(18-8-2-1-5-11-23-18)14-6-3-4-7-16(14)25-17/h3-4,6-7,9-12,18H,1-2,5,8H2. The average Bonchev–Trinajstić information content (AvgIpc) is 2.87. The summed E-state index contributed by atoms with van der Waals surface area (Å²) in [6, 6.07) is 11.0. The smallest absolute Gasteiger partial charge is 0.416 e. The highest BCUT2D eigenvalue weighted by Crippen LogP contribution is 2.49. The van der Waals surface area contributed by atoms with Crippen molar-refractivity contribution in [3.05, 3.63) is 48.0 Å². The fourth-order valence-electron chi connectivity index (χ4n) is 3.31. The maximum absolute atomic E-state index is 13.2. The van der Waals surface area contributed by atoms with Crippen LogP contribution in [0, 0.1) is 0 Å². The second-order valence-electron chi connectivity index (χ2n) is 6.22. The van der Waals surface area contributed by atoms with Gasteiger partial charge in [-0.3, -0.25) is 4.99 Å². The number of halogens is 3. The van der Waals surface area contributed by atoms with Crippen LogP contribution in [0.5, 0.6) is 11.5 Å². The van der Waals surface area contributed by atoms with Crippen molar-refractivity contribution in [3.8, 4) is 11.5 Å². The summed E-state index contributed by atoms with van der Waals surface area (Å²) in [5, 5.41) is 0. The molecule has 2 aromatic rings. The molecule has 0 amide bonds. The molecule has 1 unspecified atom stereocenters. The molecule has 2 aromatic carbocycles. The van der Waals surface area contributed by atoms with Gasteiger partial charge in [0.25, 0.3) is 0 Å². The van der Waals surface area contributed by atoms with E-state index in [9.17, 15) is 13.2 Å². The predicted octanol–water partition coefficient (Wildman–Crippen LogP) is 5.92. The van der Waals surface area contributed by atoms with Crippen LogP contribution < -0.4 is 9.64 Å². The Morgan fingerprint density at radius 3 is 2.64 bits per heavy atom. The quantitative estimate of drug-likeness (QED) is 0.640. The SMILES string of the molecule is FC(F)(F)c1ccc2c(c1)N(C1CCCCC=N1)c1ccccc1O2. The van der Waals surface area contributed by atoms with E-state index in [1.807, 2.05) is 35.4 Å². The lowest BCUT2D eigenvalue weighted by molar-refractivity contribution is -0.137. The highest BCUT2D eigenvalue weighted by molar-refractivity contribution is 5.79. The Labute approximate surface area is 143 Å². The summed E-state index contributed by atoms with van der Waals surface area (Å²) >= 11 is 0. The highest BCUT2D eigenvalue weighted by atomic mass is 19.4. The summed E-state index contributed by atoms with van der Waals surface area (Å²) in [7, 11) is 0. The number of nitrogens with zero attached hydrogens (tertiary/aromatic N) is 2. The molecule has 0 aromatic heterocycles. The first kappa shape index (κ1) is 16.0. The van der Waals surface area contributed by atoms with Crippen LogP contribution in [0.4, 0.5) is 24.5 Å². The van der Waals surface area contributed by atoms with E-state index in [0.717, 1.165) is 43.5 Å². The number of aliphatic imine (C=N–C) groups is 1. The molecular weight excluding hydrogens is 329 g/mol. The summed E-state index contributed by atoms with van der Waals surface area (Å²) < 4.78 is 45.4. The zero-order valence-electron chi connectivity index (χ0n) is 13.5. The maximum atomic E-state index is 13.2. The fourth-order valence-corrected chi connectivity index (χ4v) is 3.31. The Morgan fingerprint density at radius 1 is 1.00 bits per heavy atom. The van der Waals surface area contributed by atoms with Gasteiger partial charge in [-0.15, -0.1) is 0 Å². The van der Waals surface area contributed by atoms with Crippen molar-refractivity contribution in [1.82, 2.24) is 0 Å². The van der Waals surface area contributed by atoms with Crippen LogP contribution in [0.15, 0.2) is 47.5 Å². The molecule has 0 N–H and O–H groups in total. The monoisotopic (exact) mass is 346 g/mol. The first-order valence-electron chi connectivity index (χ1n) is 8.33. The molecule has 1 atom stereocenters. The Balaban J connectivity index is 1.86. The van der Waals surface area contributed by atoms with Crippen molar-refractivity contribution in [1.29, 1.82) is 0 Å². The first-order valence-corrected chi connectivity index (χ1v) is 8.33. The number of anilines is 2. The molecule has 3 nitrogen and oxygen atoms in total. The lowest BCUT2D eigenvalue weighted by Gasteiger charge is -2.36. The lowest BCUT2D eigenvalue weighted by atomic mass is 10.1. The van der Waals surface area contributed by atoms with Crippen LogP contribution in [-0.2, 0) is 6.18 Å². The van der Waals surface area contributed by atoms with Crippen molar-refractivity contribution in [2.45, 2.75) is 38.0 Å². The molecule has 0 aliphatic carbocycles. The van der Waals surface area contributed by atoms with E-state index in [0.29, 0.717) is 17.2 Å². The Hall–Kier alpha value is -2.50. The summed E-state index contributed by atoms with van der Waals surface area (Å²) in [5.74, 6) is 1.06. The number of ether oxygens (including phenoxy) is 1. The van der Waals surface area contributed by atoms with E-state index in [-0.39, 0.29) is 6.17 Å². The molecule has 130 valence electrons. The molecule has 2 aliphatic heterocycles. The molecule has 0 fully saturated rings. The molecule has 4 rings (SSSR count). The van der Waals surface area contributed by atoms with Gasteiger partial charge in [0.2, 0.25) is 0 Å². The summed E-state index contributed by atoms with van der Waals surface area (Å²) in [6.45, 7) is 0. The Morgan fingerprint density at radius 2 is 1.80 bits per heavy atom. The summed E-state index contributed by atoms with van der Waals surface area (Å²) in [4.78, 5) is 6.48. The van der Waals surface area contributed by atoms with Gasteiger partial charge in [-0.25, -0.2) is 0 Å². The number of para-hydroxylation sites is 2. The summed E-state index contributed by atoms with van der Waals surface area (Å²) in [5.41, 5.74) is 0.479. The summed E-state index contributed by atoms with van der Waals surface area (Å²) in [6.07, 6.45) is 0.973. The highest BCUT2D eigenvalue weighted by Gasteiger charge is 2.35. The minimum atomic E-state index is -4.40. The average molecular weight is 346 g/mol. The van der Waals surface area contributed by atoms with Gasteiger partial charge in [0.15, 0.2) is 11.5 Å². The largest absolute Gasteiger partial charge is 0.453 e. The number of alkyl halides is 3. The lowest BCUT2D eigenvalue weighted by Crippen LogP contribution is -2.32. The van der Waals surface area contributed by atoms with Gasteiger partial charge in [0.1, 0.15) is 6.17 Å². The van der Waals surface area contributed by atoms with Crippen molar-refractivity contribution in [2.75, 3.05) is 4.90 Å². The van der Waals surface area contributed by atoms with Gasteiger partial charge < -0.3 is 9.64 Å². The zero-order chi connectivity index (χ0) is 17.4. The number of fused-ring (bicyclic) bond motifs is 2. The fraction of sp³-hybridized carbons (Fsp3) is 0.316. The van der Waals surface area contributed by atoms with Gasteiger partial charge in [-0.2, -0.15) is 13.2 Å². The minimum absolute atomic E-state index is 0.227. The third kappa shape index (κ3) is 2.97. The van der Waals surface area contributed by atoms with E-state index in [4.69, 9.17) is 4.74 Å². The predicted molar refractivity (Wildman–Crippen MR) is 90.8 cm³/mol. The van der Waals surface area contributed by atoms with Crippen molar-refractivity contribution < 1.29 is 17.9 Å². The Kier molecular flexibility index (Phi) is 3.90. The Bertz CT molecular complexity index is 817. The molecule has 0 spiro atoms. The maximum Gasteiger partial charge on any atom is 0.416 e. The number of benzene rings is 2. The second kappa shape index (κ2) is 6.10. The third-order valence-electron chi connectivity index (χ3n) is 4.51. The normalized spacial score (nSPS) is 19.6. The molecule has 0 bridgehead atoms. The molecule has 0 saturated carbocycles. The van der Waals surface area contributed by atoms with Gasteiger partial charge in [-0.1, -0.05) is 12.1 Å². The zero-order valence-corrected chi connectivity index (χ0v) is 13.5. The van der Waals surface area contributed by atoms with Crippen LogP contribution in [0.3, 0.4) is 0 Å². The van der Waals surface area contributed by atoms with Crippen LogP contribution in [0.1, 0.15) is 31.2 Å². The van der Waals surface area contributed by atoms with Gasteiger partial charge >= 0.3 is 6.18 Å². The molecule has 2 aliphatic rings. The molecule has 6 heteroatoms. The van der Waals surface area contributed by atoms with Crippen LogP contribution in [0.2, 0.25) is 0 Å². The van der Waals surface area contributed by atoms with E-state index in [2.05, 4.69) is 4.99 Å². The van der Waals surface area contributed by atoms with Gasteiger partial charge in [-0.05, 0) is 56.0 Å². The minimum Gasteiger partial charge on any atom is -0.453 e. The number of rotatable bonds is 1. The number of hydrogen-bond acceptors (Lipinski definition) is 3. The number of hydrogen-bond donors (Lipinski definition) is 0. The first-order chi connectivity index (χ1) is 12.0. The van der Waals surface area contributed by atoms with E-state index < -0.39 is 11.7 Å². The van der Waals surface area contributed by atoms with Gasteiger partial charge in [0, 0.05) is 6.21 Å². The molecular formula is C19H17F3N2O.